The summed E-state index contributed by atoms with van der Waals surface area (Å²) < 4.78 is 19.4. The van der Waals surface area contributed by atoms with Crippen molar-refractivity contribution in [1.29, 1.82) is 0 Å². The normalized spacial score (nSPS) is 10.2. The molecule has 2 aromatic rings. The molecular weight excluding hydrogens is 390 g/mol. The highest BCUT2D eigenvalue weighted by atomic mass is 32.1. The summed E-state index contributed by atoms with van der Waals surface area (Å²) in [6.45, 7) is 1.00. The molecule has 0 spiro atoms. The van der Waals surface area contributed by atoms with E-state index >= 15 is 0 Å². The molecule has 28 heavy (non-hydrogen) atoms. The van der Waals surface area contributed by atoms with Gasteiger partial charge in [-0.05, 0) is 24.6 Å². The second-order valence-electron chi connectivity index (χ2n) is 5.53. The molecule has 2 aromatic heterocycles. The number of carbonyl (C=O) groups excluding carboxylic acids is 4. The first kappa shape index (κ1) is 21.2. The summed E-state index contributed by atoms with van der Waals surface area (Å²) >= 11 is 0.873. The quantitative estimate of drug-likeness (QED) is 0.521. The molecule has 0 fully saturated rings. The highest BCUT2D eigenvalue weighted by Gasteiger charge is 2.26. The maximum Gasteiger partial charge on any atom is 0.348 e. The fourth-order valence-electron chi connectivity index (χ4n) is 2.30. The number of esters is 3. The van der Waals surface area contributed by atoms with Crippen LogP contribution in [0, 0.1) is 6.92 Å². The third-order valence-corrected chi connectivity index (χ3v) is 4.87. The van der Waals surface area contributed by atoms with E-state index in [9.17, 15) is 19.2 Å². The molecule has 2 heterocycles. The van der Waals surface area contributed by atoms with Gasteiger partial charge < -0.3 is 23.9 Å². The van der Waals surface area contributed by atoms with E-state index < -0.39 is 30.4 Å². The van der Waals surface area contributed by atoms with Gasteiger partial charge in [0, 0.05) is 6.42 Å². The van der Waals surface area contributed by atoms with E-state index in [1.807, 2.05) is 0 Å². The summed E-state index contributed by atoms with van der Waals surface area (Å²) in [7, 11) is 2.39. The Bertz CT molecular complexity index is 869. The van der Waals surface area contributed by atoms with Crippen molar-refractivity contribution in [3.05, 3.63) is 40.2 Å². The monoisotopic (exact) mass is 409 g/mol. The first-order chi connectivity index (χ1) is 13.4. The number of aryl methyl sites for hydroxylation is 1. The molecule has 10 heteroatoms. The van der Waals surface area contributed by atoms with E-state index in [4.69, 9.17) is 13.9 Å². The van der Waals surface area contributed by atoms with Crippen molar-refractivity contribution in [2.45, 2.75) is 19.8 Å². The summed E-state index contributed by atoms with van der Waals surface area (Å²) in [5.41, 5.74) is 0.375. The molecule has 1 N–H and O–H groups in total. The van der Waals surface area contributed by atoms with Crippen LogP contribution in [-0.4, -0.2) is 44.6 Å². The Labute approximate surface area is 164 Å². The fraction of sp³-hybridized carbons (Fsp3) is 0.333. The van der Waals surface area contributed by atoms with E-state index in [1.165, 1.54) is 20.5 Å². The van der Waals surface area contributed by atoms with Crippen molar-refractivity contribution < 1.29 is 37.8 Å². The summed E-state index contributed by atoms with van der Waals surface area (Å²) in [6, 6.07) is 3.44. The van der Waals surface area contributed by atoms with Crippen LogP contribution in [0.1, 0.15) is 37.8 Å². The molecule has 0 saturated carbocycles. The largest absolute Gasteiger partial charge is 0.469 e. The first-order valence-electron chi connectivity index (χ1n) is 8.15. The average molecular weight is 409 g/mol. The number of rotatable bonds is 8. The molecular formula is C18H19NO8S. The zero-order valence-electron chi connectivity index (χ0n) is 15.5. The number of amides is 1. The molecule has 0 aliphatic rings. The predicted molar refractivity (Wildman–Crippen MR) is 98.4 cm³/mol. The van der Waals surface area contributed by atoms with Gasteiger partial charge in [0.25, 0.3) is 5.91 Å². The van der Waals surface area contributed by atoms with Gasteiger partial charge in [0.2, 0.25) is 0 Å². The van der Waals surface area contributed by atoms with Crippen molar-refractivity contribution in [1.82, 2.24) is 0 Å². The van der Waals surface area contributed by atoms with Gasteiger partial charge in [0.1, 0.15) is 15.6 Å². The molecule has 0 saturated heterocycles. The van der Waals surface area contributed by atoms with Gasteiger partial charge >= 0.3 is 17.9 Å². The maximum atomic E-state index is 12.1. The van der Waals surface area contributed by atoms with Gasteiger partial charge in [-0.3, -0.25) is 9.59 Å². The van der Waals surface area contributed by atoms with Crippen LogP contribution in [0.5, 0.6) is 0 Å². The van der Waals surface area contributed by atoms with Crippen LogP contribution in [0.15, 0.2) is 22.8 Å². The number of ether oxygens (including phenoxy) is 3. The van der Waals surface area contributed by atoms with Crippen molar-refractivity contribution >= 4 is 40.2 Å². The van der Waals surface area contributed by atoms with Crippen molar-refractivity contribution in [2.75, 3.05) is 26.1 Å². The third-order valence-electron chi connectivity index (χ3n) is 3.68. The van der Waals surface area contributed by atoms with E-state index in [0.717, 1.165) is 11.3 Å². The second-order valence-corrected chi connectivity index (χ2v) is 6.55. The van der Waals surface area contributed by atoms with Crippen LogP contribution in [0.2, 0.25) is 0 Å². The van der Waals surface area contributed by atoms with Crippen molar-refractivity contribution in [2.24, 2.45) is 0 Å². The molecule has 0 radical (unpaired) electrons. The number of thiophene rings is 1. The predicted octanol–water partition coefficient (Wildman–Crippen LogP) is 2.34. The minimum atomic E-state index is -0.713. The topological polar surface area (TPSA) is 121 Å². The number of hydrogen-bond donors (Lipinski definition) is 1. The van der Waals surface area contributed by atoms with E-state index in [1.54, 1.807) is 19.1 Å². The van der Waals surface area contributed by atoms with Gasteiger partial charge in [-0.25, -0.2) is 9.59 Å². The van der Waals surface area contributed by atoms with E-state index in [-0.39, 0.29) is 21.9 Å². The lowest BCUT2D eigenvalue weighted by Crippen LogP contribution is -2.21. The SMILES string of the molecule is COC(=O)c1sc(NC(=O)COC(=O)CCc2ccco2)c(C(=O)OC)c1C. The fourth-order valence-corrected chi connectivity index (χ4v) is 3.43. The highest BCUT2D eigenvalue weighted by Crippen LogP contribution is 2.34. The average Bonchev–Trinajstić information content (AvgIpc) is 3.31. The molecule has 9 nitrogen and oxygen atoms in total. The standard InChI is InChI=1S/C18H19NO8S/c1-10-14(17(22)24-2)16(28-15(10)18(23)25-3)19-12(20)9-27-13(21)7-6-11-5-4-8-26-11/h4-5,8H,6-7,9H2,1-3H3,(H,19,20). The lowest BCUT2D eigenvalue weighted by atomic mass is 10.1. The number of hydrogen-bond acceptors (Lipinski definition) is 9. The van der Waals surface area contributed by atoms with Crippen LogP contribution in [0.3, 0.4) is 0 Å². The van der Waals surface area contributed by atoms with E-state index in [2.05, 4.69) is 10.1 Å². The Kier molecular flexibility index (Phi) is 7.33. The van der Waals surface area contributed by atoms with Crippen molar-refractivity contribution in [3.8, 4) is 0 Å². The highest BCUT2D eigenvalue weighted by molar-refractivity contribution is 7.18. The molecule has 0 bridgehead atoms. The van der Waals surface area contributed by atoms with E-state index in [0.29, 0.717) is 17.7 Å². The molecule has 0 aliphatic carbocycles. The summed E-state index contributed by atoms with van der Waals surface area (Å²) in [5.74, 6) is -1.95. The van der Waals surface area contributed by atoms with Crippen LogP contribution >= 0.6 is 11.3 Å². The Morgan fingerprint density at radius 1 is 1.14 bits per heavy atom. The van der Waals surface area contributed by atoms with Crippen LogP contribution in [-0.2, 0) is 30.2 Å². The zero-order valence-corrected chi connectivity index (χ0v) is 16.3. The molecule has 1 amide bonds. The summed E-state index contributed by atoms with van der Waals surface area (Å²) in [5, 5.41) is 2.58. The lowest BCUT2D eigenvalue weighted by Gasteiger charge is -2.07. The van der Waals surface area contributed by atoms with Gasteiger partial charge in [-0.15, -0.1) is 11.3 Å². The number of furan rings is 1. The Morgan fingerprint density at radius 2 is 1.86 bits per heavy atom. The number of carbonyl (C=O) groups is 4. The Hall–Kier alpha value is -3.14. The smallest absolute Gasteiger partial charge is 0.348 e. The second kappa shape index (κ2) is 9.70. The van der Waals surface area contributed by atoms with Crippen LogP contribution < -0.4 is 5.32 Å². The minimum Gasteiger partial charge on any atom is -0.469 e. The first-order valence-corrected chi connectivity index (χ1v) is 8.96. The number of nitrogens with one attached hydrogen (secondary N) is 1. The van der Waals surface area contributed by atoms with Gasteiger partial charge in [-0.1, -0.05) is 0 Å². The summed E-state index contributed by atoms with van der Waals surface area (Å²) in [4.78, 5) is 47.8. The van der Waals surface area contributed by atoms with Crippen LogP contribution in [0.25, 0.3) is 0 Å². The number of anilines is 1. The lowest BCUT2D eigenvalue weighted by molar-refractivity contribution is -0.147. The maximum absolute atomic E-state index is 12.1. The summed E-state index contributed by atoms with van der Waals surface area (Å²) in [6.07, 6.45) is 1.91. The Morgan fingerprint density at radius 3 is 2.46 bits per heavy atom. The van der Waals surface area contributed by atoms with Crippen molar-refractivity contribution in [3.63, 3.8) is 0 Å². The van der Waals surface area contributed by atoms with Gasteiger partial charge in [0.05, 0.1) is 32.5 Å². The number of methoxy groups -OCH3 is 2. The molecule has 0 unspecified atom stereocenters. The Balaban J connectivity index is 1.99. The molecule has 0 atom stereocenters. The molecule has 150 valence electrons. The molecule has 2 rings (SSSR count). The van der Waals surface area contributed by atoms with Gasteiger partial charge in [-0.2, -0.15) is 0 Å². The molecule has 0 aliphatic heterocycles. The third kappa shape index (κ3) is 5.19. The minimum absolute atomic E-state index is 0.0467. The van der Waals surface area contributed by atoms with Crippen LogP contribution in [0.4, 0.5) is 5.00 Å². The van der Waals surface area contributed by atoms with Gasteiger partial charge in [0.15, 0.2) is 6.61 Å². The molecule has 0 aromatic carbocycles. The zero-order chi connectivity index (χ0) is 20.7.